The summed E-state index contributed by atoms with van der Waals surface area (Å²) in [5.74, 6) is -7.79. The van der Waals surface area contributed by atoms with E-state index < -0.39 is 154 Å². The zero-order valence-electron chi connectivity index (χ0n) is 36.7. The molecule has 3 aromatic heterocycles. The number of sulfone groups is 1. The largest absolute Gasteiger partial charge is 0.435 e. The lowest BCUT2D eigenvalue weighted by Gasteiger charge is -2.30. The van der Waals surface area contributed by atoms with Crippen molar-refractivity contribution in [2.24, 2.45) is 11.8 Å². The van der Waals surface area contributed by atoms with Crippen LogP contribution < -0.4 is 14.9 Å². The van der Waals surface area contributed by atoms with Crippen LogP contribution in [-0.4, -0.2) is 89.7 Å². The quantitative estimate of drug-likeness (QED) is 0.0998. The van der Waals surface area contributed by atoms with Gasteiger partial charge in [0.2, 0.25) is 21.8 Å². The van der Waals surface area contributed by atoms with E-state index in [1.165, 1.54) is 26.0 Å². The summed E-state index contributed by atoms with van der Waals surface area (Å²) in [7, 11) is -8.55. The van der Waals surface area contributed by atoms with Gasteiger partial charge < -0.3 is 10.6 Å². The predicted octanol–water partition coefficient (Wildman–Crippen LogP) is 6.80. The first-order valence-electron chi connectivity index (χ1n) is 20.8. The zero-order valence-corrected chi connectivity index (χ0v) is 39.1. The van der Waals surface area contributed by atoms with Crippen molar-refractivity contribution in [2.75, 3.05) is 29.9 Å². The summed E-state index contributed by atoms with van der Waals surface area (Å²) in [6.07, 6.45) is -9.74. The molecular formula is C43H37ClF10N8O6S2. The number of carbonyl (C=O) groups excluding carboxylic acids is 2. The van der Waals surface area contributed by atoms with Gasteiger partial charge in [0, 0.05) is 48.0 Å². The Bertz CT molecular complexity index is 3290. The molecule has 5 aromatic rings. The fourth-order valence-electron chi connectivity index (χ4n) is 8.45. The molecule has 2 N–H and O–H groups in total. The Balaban J connectivity index is 1.36. The lowest BCUT2D eigenvalue weighted by Crippen LogP contribution is -2.53. The highest BCUT2D eigenvalue weighted by atomic mass is 35.5. The number of benzene rings is 2. The van der Waals surface area contributed by atoms with Crippen molar-refractivity contribution in [3.8, 4) is 23.0 Å². The average molecular weight is 1050 g/mol. The Morgan fingerprint density at radius 3 is 2.17 bits per heavy atom. The molecule has 2 aromatic carbocycles. The van der Waals surface area contributed by atoms with Gasteiger partial charge in [0.15, 0.2) is 21.3 Å². The van der Waals surface area contributed by atoms with E-state index in [1.807, 2.05) is 0 Å². The first-order valence-corrected chi connectivity index (χ1v) is 24.9. The van der Waals surface area contributed by atoms with Gasteiger partial charge in [-0.2, -0.15) is 49.6 Å². The minimum atomic E-state index is -5.21. The van der Waals surface area contributed by atoms with E-state index in [9.17, 15) is 61.5 Å². The molecule has 4 heterocycles. The summed E-state index contributed by atoms with van der Waals surface area (Å²) in [5, 5.41) is 11.7. The normalized spacial score (nSPS) is 18.4. The molecule has 70 heavy (non-hydrogen) atoms. The van der Waals surface area contributed by atoms with Crippen LogP contribution in [0.25, 0.3) is 22.0 Å². The van der Waals surface area contributed by atoms with Crippen LogP contribution in [0.4, 0.5) is 49.7 Å². The second kappa shape index (κ2) is 17.2. The Kier molecular flexibility index (Phi) is 12.4. The fraction of sp³-hybridized carbons (Fsp3) is 0.419. The predicted molar refractivity (Wildman–Crippen MR) is 231 cm³/mol. The van der Waals surface area contributed by atoms with Gasteiger partial charge in [-0.15, -0.1) is 0 Å². The molecule has 1 saturated heterocycles. The highest BCUT2D eigenvalue weighted by Crippen LogP contribution is 2.68. The van der Waals surface area contributed by atoms with Gasteiger partial charge in [-0.3, -0.25) is 19.0 Å². The standard InChI is InChI=1S/C43H37ClF10N8O6S2/c1-40(2,69(3,65)66)10-9-24-5-6-25(26-7-8-29(44)33-35(26)61(19-41(47,48)49)59-38(33)62(70(4,67)68)39(64)21-16-55-17-21)34(56-24)30(13-20-11-22(45)14-23(46)12-20)57-31(63)18-60-37-32(36(58-60)43(52,53)54)27-15-28(27)42(37,50)51/h5-8,11-12,14,21,27-28,30,55H,13,15-19H2,1-4H3,(H,57,63)/t27-,28+,30?/m0/s1. The molecule has 2 aliphatic carbocycles. The number of nitrogens with one attached hydrogen (secondary N) is 2. The number of anilines is 1. The molecule has 374 valence electrons. The summed E-state index contributed by atoms with van der Waals surface area (Å²) < 4.78 is 198. The number of carbonyl (C=O) groups is 2. The number of alkyl halides is 8. The summed E-state index contributed by atoms with van der Waals surface area (Å²) in [4.78, 5) is 32.4. The Labute approximate surface area is 396 Å². The maximum Gasteiger partial charge on any atom is 0.435 e. The van der Waals surface area contributed by atoms with Crippen LogP contribution >= 0.6 is 11.6 Å². The van der Waals surface area contributed by atoms with Crippen molar-refractivity contribution >= 4 is 60.0 Å². The molecular weight excluding hydrogens is 1010 g/mol. The van der Waals surface area contributed by atoms with Crippen LogP contribution in [0.1, 0.15) is 66.1 Å². The van der Waals surface area contributed by atoms with Crippen molar-refractivity contribution in [2.45, 2.75) is 74.8 Å². The van der Waals surface area contributed by atoms with E-state index in [0.717, 1.165) is 30.5 Å². The first-order chi connectivity index (χ1) is 32.3. The number of aromatic nitrogens is 5. The molecule has 2 amide bonds. The van der Waals surface area contributed by atoms with Gasteiger partial charge in [0.1, 0.15) is 40.9 Å². The highest BCUT2D eigenvalue weighted by molar-refractivity contribution is 7.93. The average Bonchev–Trinajstić information content (AvgIpc) is 3.70. The zero-order chi connectivity index (χ0) is 51.4. The van der Waals surface area contributed by atoms with Crippen LogP contribution in [0.2, 0.25) is 5.02 Å². The van der Waals surface area contributed by atoms with Gasteiger partial charge in [0.05, 0.1) is 39.8 Å². The molecule has 1 saturated carbocycles. The number of halogens is 11. The number of amides is 2. The molecule has 2 fully saturated rings. The monoisotopic (exact) mass is 1050 g/mol. The van der Waals surface area contributed by atoms with Gasteiger partial charge in [-0.05, 0) is 74.4 Å². The van der Waals surface area contributed by atoms with Crippen LogP contribution in [0, 0.1) is 35.3 Å². The molecule has 0 spiro atoms. The van der Waals surface area contributed by atoms with Gasteiger partial charge in [-0.1, -0.05) is 23.6 Å². The molecule has 3 aliphatic rings. The molecule has 1 unspecified atom stereocenters. The number of pyridine rings is 1. The van der Waals surface area contributed by atoms with Crippen LogP contribution in [0.3, 0.4) is 0 Å². The van der Waals surface area contributed by atoms with Crippen molar-refractivity contribution in [1.29, 1.82) is 0 Å². The van der Waals surface area contributed by atoms with Crippen LogP contribution in [0.15, 0.2) is 42.5 Å². The third-order valence-corrected chi connectivity index (χ3v) is 15.4. The highest BCUT2D eigenvalue weighted by Gasteiger charge is 2.68. The lowest BCUT2D eigenvalue weighted by atomic mass is 9.93. The number of sulfonamides is 1. The second-order valence-electron chi connectivity index (χ2n) is 17.7. The Morgan fingerprint density at radius 1 is 0.957 bits per heavy atom. The maximum atomic E-state index is 15.6. The van der Waals surface area contributed by atoms with Crippen molar-refractivity contribution in [3.05, 3.63) is 93.0 Å². The van der Waals surface area contributed by atoms with Crippen LogP contribution in [-0.2, 0) is 61.1 Å². The van der Waals surface area contributed by atoms with E-state index in [4.69, 9.17) is 11.6 Å². The lowest BCUT2D eigenvalue weighted by molar-refractivity contribution is -0.143. The van der Waals surface area contributed by atoms with Crippen molar-refractivity contribution in [1.82, 2.24) is 35.2 Å². The van der Waals surface area contributed by atoms with Crippen molar-refractivity contribution in [3.63, 3.8) is 0 Å². The molecule has 1 aliphatic heterocycles. The third-order valence-electron chi connectivity index (χ3n) is 12.2. The number of nitrogens with zero attached hydrogens (tertiary/aromatic N) is 6. The fourth-order valence-corrected chi connectivity index (χ4v) is 9.85. The van der Waals surface area contributed by atoms with Gasteiger partial charge in [-0.25, -0.2) is 30.6 Å². The topological polar surface area (TPSA) is 178 Å². The SMILES string of the molecule is CC(C)(C#Cc1ccc(-c2ccc(Cl)c3c(N(C(=O)C4CNC4)S(C)(=O)=O)nn(CC(F)(F)F)c23)c(C(Cc2cc(F)cc(F)c2)NC(=O)Cn2nc(C(F)(F)F)c3c2C(F)(F)[C@@H]2C[C@H]32)n1)S(C)(=O)=O. The third kappa shape index (κ3) is 9.56. The summed E-state index contributed by atoms with van der Waals surface area (Å²) in [6.45, 7) is -0.693. The van der Waals surface area contributed by atoms with E-state index in [-0.39, 0.29) is 50.9 Å². The van der Waals surface area contributed by atoms with Crippen LogP contribution in [0.5, 0.6) is 0 Å². The molecule has 0 radical (unpaired) electrons. The smallest absolute Gasteiger partial charge is 0.346 e. The Hall–Kier alpha value is -5.78. The minimum absolute atomic E-state index is 0.00875. The summed E-state index contributed by atoms with van der Waals surface area (Å²) >= 11 is 6.64. The van der Waals surface area contributed by atoms with Crippen molar-refractivity contribution < 1.29 is 70.3 Å². The van der Waals surface area contributed by atoms with E-state index >= 15 is 8.78 Å². The molecule has 8 rings (SSSR count). The molecule has 14 nitrogen and oxygen atoms in total. The van der Waals surface area contributed by atoms with Gasteiger partial charge in [0.25, 0.3) is 5.92 Å². The van der Waals surface area contributed by atoms with Gasteiger partial charge >= 0.3 is 12.4 Å². The summed E-state index contributed by atoms with van der Waals surface area (Å²) in [5.41, 5.74) is -5.62. The van der Waals surface area contributed by atoms with E-state index in [2.05, 4.69) is 37.7 Å². The molecule has 27 heteroatoms. The number of fused-ring (bicyclic) bond motifs is 4. The second-order valence-corrected chi connectivity index (χ2v) is 22.5. The number of hydrogen-bond acceptors (Lipinski definition) is 10. The number of hydrogen-bond donors (Lipinski definition) is 2. The Morgan fingerprint density at radius 2 is 1.60 bits per heavy atom. The minimum Gasteiger partial charge on any atom is -0.346 e. The van der Waals surface area contributed by atoms with E-state index in [0.29, 0.717) is 17.0 Å². The molecule has 0 bridgehead atoms. The first kappa shape index (κ1) is 50.6. The maximum absolute atomic E-state index is 15.6. The number of rotatable bonds is 12. The van der Waals surface area contributed by atoms with E-state index in [1.54, 1.807) is 0 Å². The molecule has 3 atom stereocenters. The summed E-state index contributed by atoms with van der Waals surface area (Å²) in [6, 6.07) is 4.98.